The third-order valence-corrected chi connectivity index (χ3v) is 4.47. The van der Waals surface area contributed by atoms with Crippen LogP contribution in [0.5, 0.6) is 0 Å². The fourth-order valence-electron chi connectivity index (χ4n) is 3.41. The molecule has 0 radical (unpaired) electrons. The van der Waals surface area contributed by atoms with Crippen molar-refractivity contribution in [2.75, 3.05) is 19.8 Å². The van der Waals surface area contributed by atoms with Gasteiger partial charge in [0.25, 0.3) is 0 Å². The average molecular weight is 240 g/mol. The second-order valence-corrected chi connectivity index (χ2v) is 5.67. The van der Waals surface area contributed by atoms with Gasteiger partial charge in [-0.3, -0.25) is 0 Å². The van der Waals surface area contributed by atoms with Gasteiger partial charge in [0.05, 0.1) is 24.9 Å². The van der Waals surface area contributed by atoms with Crippen LogP contribution >= 0.6 is 0 Å². The number of hydrogen-bond donors (Lipinski definition) is 0. The van der Waals surface area contributed by atoms with Crippen LogP contribution in [0.25, 0.3) is 0 Å². The second-order valence-electron chi connectivity index (χ2n) is 5.67. The molecule has 4 unspecified atom stereocenters. The summed E-state index contributed by atoms with van der Waals surface area (Å²) in [7, 11) is 0. The summed E-state index contributed by atoms with van der Waals surface area (Å²) < 4.78 is 17.6. The second kappa shape index (κ2) is 5.68. The molecule has 0 amide bonds. The first-order valence-electron chi connectivity index (χ1n) is 7.28. The third kappa shape index (κ3) is 2.83. The topological polar surface area (TPSA) is 27.7 Å². The predicted octanol–water partition coefficient (Wildman–Crippen LogP) is 2.53. The quantitative estimate of drug-likeness (QED) is 0.742. The highest BCUT2D eigenvalue weighted by atomic mass is 16.5. The molecular formula is C14H24O3. The van der Waals surface area contributed by atoms with Gasteiger partial charge < -0.3 is 14.2 Å². The zero-order valence-corrected chi connectivity index (χ0v) is 10.6. The van der Waals surface area contributed by atoms with Crippen LogP contribution in [0.15, 0.2) is 0 Å². The lowest BCUT2D eigenvalue weighted by molar-refractivity contribution is -0.123. The Morgan fingerprint density at radius 2 is 1.35 bits per heavy atom. The van der Waals surface area contributed by atoms with Crippen molar-refractivity contribution in [2.24, 2.45) is 5.92 Å². The molecule has 3 saturated heterocycles. The highest BCUT2D eigenvalue weighted by molar-refractivity contribution is 4.83. The monoisotopic (exact) mass is 240 g/mol. The molecule has 3 aliphatic heterocycles. The maximum Gasteiger partial charge on any atom is 0.0837 e. The number of ether oxygens (including phenoxy) is 3. The van der Waals surface area contributed by atoms with E-state index in [2.05, 4.69) is 0 Å². The maximum absolute atomic E-state index is 6.02. The van der Waals surface area contributed by atoms with E-state index in [9.17, 15) is 0 Å². The predicted molar refractivity (Wildman–Crippen MR) is 65.0 cm³/mol. The molecule has 0 aromatic heterocycles. The van der Waals surface area contributed by atoms with E-state index in [-0.39, 0.29) is 0 Å². The molecular weight excluding hydrogens is 216 g/mol. The van der Waals surface area contributed by atoms with Gasteiger partial charge in [-0.15, -0.1) is 0 Å². The van der Waals surface area contributed by atoms with Gasteiger partial charge in [0.2, 0.25) is 0 Å². The lowest BCUT2D eigenvalue weighted by atomic mass is 9.88. The molecule has 0 aromatic carbocycles. The molecule has 0 saturated carbocycles. The highest BCUT2D eigenvalue weighted by Crippen LogP contribution is 2.32. The normalized spacial score (nSPS) is 43.8. The van der Waals surface area contributed by atoms with Crippen molar-refractivity contribution in [1.29, 1.82) is 0 Å². The van der Waals surface area contributed by atoms with Crippen molar-refractivity contribution in [2.45, 2.75) is 63.3 Å². The van der Waals surface area contributed by atoms with E-state index >= 15 is 0 Å². The SMILES string of the molecule is C1CCC(C2CCC(C3CCCO3)OC2)OC1. The minimum Gasteiger partial charge on any atom is -0.378 e. The van der Waals surface area contributed by atoms with Crippen molar-refractivity contribution in [3.63, 3.8) is 0 Å². The average Bonchev–Trinajstić information content (AvgIpc) is 2.94. The molecule has 0 aliphatic carbocycles. The van der Waals surface area contributed by atoms with Crippen molar-refractivity contribution in [3.8, 4) is 0 Å². The molecule has 0 spiro atoms. The van der Waals surface area contributed by atoms with E-state index in [4.69, 9.17) is 14.2 Å². The van der Waals surface area contributed by atoms with Gasteiger partial charge in [-0.1, -0.05) is 0 Å². The Hall–Kier alpha value is -0.120. The van der Waals surface area contributed by atoms with Crippen LogP contribution in [-0.2, 0) is 14.2 Å². The molecule has 3 fully saturated rings. The Labute approximate surface area is 104 Å². The zero-order valence-electron chi connectivity index (χ0n) is 10.6. The van der Waals surface area contributed by atoms with Gasteiger partial charge in [0.1, 0.15) is 0 Å². The van der Waals surface area contributed by atoms with Gasteiger partial charge in [-0.05, 0) is 44.9 Å². The van der Waals surface area contributed by atoms with Crippen molar-refractivity contribution in [1.82, 2.24) is 0 Å². The smallest absolute Gasteiger partial charge is 0.0837 e. The van der Waals surface area contributed by atoms with Gasteiger partial charge in [-0.2, -0.15) is 0 Å². The highest BCUT2D eigenvalue weighted by Gasteiger charge is 2.34. The van der Waals surface area contributed by atoms with Crippen LogP contribution in [0.4, 0.5) is 0 Å². The summed E-state index contributed by atoms with van der Waals surface area (Å²) in [5.41, 5.74) is 0. The molecule has 3 aliphatic rings. The first kappa shape index (κ1) is 11.9. The van der Waals surface area contributed by atoms with E-state index in [1.165, 1.54) is 38.5 Å². The number of rotatable bonds is 2. The van der Waals surface area contributed by atoms with Crippen molar-refractivity contribution >= 4 is 0 Å². The van der Waals surface area contributed by atoms with Crippen LogP contribution in [0, 0.1) is 5.92 Å². The summed E-state index contributed by atoms with van der Waals surface area (Å²) in [5.74, 6) is 0.632. The Bertz CT molecular complexity index is 224. The van der Waals surface area contributed by atoms with E-state index in [1.54, 1.807) is 0 Å². The standard InChI is InChI=1S/C14H24O3/c1-2-8-15-12(4-1)11-6-7-14(17-10-11)13-5-3-9-16-13/h11-14H,1-10H2. The molecule has 3 nitrogen and oxygen atoms in total. The summed E-state index contributed by atoms with van der Waals surface area (Å²) in [4.78, 5) is 0. The maximum atomic E-state index is 6.02. The lowest BCUT2D eigenvalue weighted by Gasteiger charge is -2.37. The van der Waals surface area contributed by atoms with E-state index in [0.717, 1.165) is 26.2 Å². The molecule has 0 aromatic rings. The number of hydrogen-bond acceptors (Lipinski definition) is 3. The van der Waals surface area contributed by atoms with Gasteiger partial charge in [0, 0.05) is 19.1 Å². The molecule has 3 rings (SSSR count). The largest absolute Gasteiger partial charge is 0.378 e. The molecule has 0 bridgehead atoms. The zero-order chi connectivity index (χ0) is 11.5. The van der Waals surface area contributed by atoms with E-state index in [1.807, 2.05) is 0 Å². The van der Waals surface area contributed by atoms with E-state index in [0.29, 0.717) is 24.2 Å². The van der Waals surface area contributed by atoms with Crippen LogP contribution in [0.3, 0.4) is 0 Å². The molecule has 17 heavy (non-hydrogen) atoms. The van der Waals surface area contributed by atoms with Crippen LogP contribution in [-0.4, -0.2) is 38.1 Å². The van der Waals surface area contributed by atoms with Crippen LogP contribution in [0.1, 0.15) is 44.9 Å². The fourth-order valence-corrected chi connectivity index (χ4v) is 3.41. The van der Waals surface area contributed by atoms with Crippen molar-refractivity contribution in [3.05, 3.63) is 0 Å². The van der Waals surface area contributed by atoms with Crippen LogP contribution in [0.2, 0.25) is 0 Å². The van der Waals surface area contributed by atoms with Gasteiger partial charge in [-0.25, -0.2) is 0 Å². The Morgan fingerprint density at radius 1 is 0.588 bits per heavy atom. The molecule has 98 valence electrons. The Kier molecular flexibility index (Phi) is 3.99. The lowest BCUT2D eigenvalue weighted by Crippen LogP contribution is -2.40. The Balaban J connectivity index is 1.46. The van der Waals surface area contributed by atoms with Gasteiger partial charge >= 0.3 is 0 Å². The molecule has 4 atom stereocenters. The first-order chi connectivity index (χ1) is 8.43. The fraction of sp³-hybridized carbons (Fsp3) is 1.00. The minimum absolute atomic E-state index is 0.359. The van der Waals surface area contributed by atoms with E-state index < -0.39 is 0 Å². The molecule has 0 N–H and O–H groups in total. The third-order valence-electron chi connectivity index (χ3n) is 4.47. The minimum atomic E-state index is 0.359. The Morgan fingerprint density at radius 3 is 2.00 bits per heavy atom. The van der Waals surface area contributed by atoms with Gasteiger partial charge in [0.15, 0.2) is 0 Å². The first-order valence-corrected chi connectivity index (χ1v) is 7.28. The molecule has 3 heterocycles. The summed E-state index contributed by atoms with van der Waals surface area (Å²) >= 11 is 0. The summed E-state index contributed by atoms with van der Waals surface area (Å²) in [6.07, 6.45) is 9.83. The van der Waals surface area contributed by atoms with Crippen molar-refractivity contribution < 1.29 is 14.2 Å². The summed E-state index contributed by atoms with van der Waals surface area (Å²) in [5, 5.41) is 0. The summed E-state index contributed by atoms with van der Waals surface area (Å²) in [6, 6.07) is 0. The van der Waals surface area contributed by atoms with Crippen LogP contribution < -0.4 is 0 Å². The summed E-state index contributed by atoms with van der Waals surface area (Å²) in [6.45, 7) is 2.77. The molecule has 3 heteroatoms.